The Morgan fingerprint density at radius 2 is 2.32 bits per heavy atom. The van der Waals surface area contributed by atoms with E-state index in [1.807, 2.05) is 0 Å². The van der Waals surface area contributed by atoms with E-state index in [2.05, 4.69) is 10.7 Å². The van der Waals surface area contributed by atoms with Gasteiger partial charge in [-0.1, -0.05) is 11.6 Å². The lowest BCUT2D eigenvalue weighted by Crippen LogP contribution is -2.39. The van der Waals surface area contributed by atoms with Gasteiger partial charge in [-0.25, -0.2) is 0 Å². The van der Waals surface area contributed by atoms with Crippen molar-refractivity contribution in [3.05, 3.63) is 28.8 Å². The molecule has 1 heterocycles. The number of amides is 1. The minimum Gasteiger partial charge on any atom is -0.376 e. The Balaban J connectivity index is 1.97. The molecule has 104 valence electrons. The lowest BCUT2D eigenvalue weighted by atomic mass is 10.1. The van der Waals surface area contributed by atoms with Crippen LogP contribution >= 0.6 is 11.6 Å². The van der Waals surface area contributed by atoms with Gasteiger partial charge in [-0.15, -0.1) is 0 Å². The van der Waals surface area contributed by atoms with Crippen molar-refractivity contribution in [2.75, 3.05) is 31.8 Å². The second-order valence-electron chi connectivity index (χ2n) is 4.11. The molecule has 1 aliphatic rings. The van der Waals surface area contributed by atoms with Gasteiger partial charge in [-0.3, -0.25) is 10.6 Å². The summed E-state index contributed by atoms with van der Waals surface area (Å²) in [5.41, 5.74) is 3.38. The van der Waals surface area contributed by atoms with Crippen LogP contribution in [0, 0.1) is 0 Å². The van der Waals surface area contributed by atoms with Gasteiger partial charge >= 0.3 is 0 Å². The van der Waals surface area contributed by atoms with Crippen LogP contribution in [0.2, 0.25) is 5.02 Å². The number of carbonyl (C=O) groups excluding carboxylic acids is 1. The maximum Gasteiger partial charge on any atom is 0.253 e. The largest absolute Gasteiger partial charge is 0.376 e. The molecule has 1 aliphatic heterocycles. The van der Waals surface area contributed by atoms with Crippen molar-refractivity contribution in [2.45, 2.75) is 6.10 Å². The quantitative estimate of drug-likeness (QED) is 0.562. The normalized spacial score (nSPS) is 18.9. The van der Waals surface area contributed by atoms with E-state index in [1.165, 1.54) is 0 Å². The molecule has 1 aromatic rings. The lowest BCUT2D eigenvalue weighted by Gasteiger charge is -2.23. The van der Waals surface area contributed by atoms with Gasteiger partial charge in [0.15, 0.2) is 0 Å². The van der Waals surface area contributed by atoms with Crippen molar-refractivity contribution in [2.24, 2.45) is 5.84 Å². The fourth-order valence-corrected chi connectivity index (χ4v) is 1.96. The summed E-state index contributed by atoms with van der Waals surface area (Å²) in [4.78, 5) is 12.1. The predicted octanol–water partition coefficient (Wildman–Crippen LogP) is 0.771. The smallest absolute Gasteiger partial charge is 0.253 e. The molecule has 2 rings (SSSR count). The molecule has 0 aromatic heterocycles. The average molecular weight is 286 g/mol. The molecule has 0 bridgehead atoms. The molecule has 0 spiro atoms. The van der Waals surface area contributed by atoms with Crippen LogP contribution in [-0.2, 0) is 9.47 Å². The van der Waals surface area contributed by atoms with Crippen molar-refractivity contribution in [3.8, 4) is 0 Å². The Kier molecular flexibility index (Phi) is 4.98. The summed E-state index contributed by atoms with van der Waals surface area (Å²) in [5, 5.41) is 3.25. The van der Waals surface area contributed by atoms with Crippen molar-refractivity contribution < 1.29 is 14.3 Å². The summed E-state index contributed by atoms with van der Waals surface area (Å²) < 4.78 is 10.7. The van der Waals surface area contributed by atoms with E-state index in [1.54, 1.807) is 18.2 Å². The van der Waals surface area contributed by atoms with E-state index in [9.17, 15) is 4.79 Å². The summed E-state index contributed by atoms with van der Waals surface area (Å²) in [6, 6.07) is 4.87. The zero-order valence-electron chi connectivity index (χ0n) is 10.3. The Labute approximate surface area is 116 Å². The molecule has 19 heavy (non-hydrogen) atoms. The predicted molar refractivity (Wildman–Crippen MR) is 72.2 cm³/mol. The third kappa shape index (κ3) is 3.81. The maximum absolute atomic E-state index is 12.1. The average Bonchev–Trinajstić information content (AvgIpc) is 2.46. The number of nitrogens with two attached hydrogens (primary N) is 1. The summed E-state index contributed by atoms with van der Waals surface area (Å²) >= 11 is 5.87. The number of hydrogen-bond acceptors (Lipinski definition) is 5. The third-order valence-corrected chi connectivity index (χ3v) is 2.99. The zero-order chi connectivity index (χ0) is 13.7. The van der Waals surface area contributed by atoms with Crippen LogP contribution in [0.1, 0.15) is 10.4 Å². The van der Waals surface area contributed by atoms with Crippen molar-refractivity contribution in [1.29, 1.82) is 0 Å². The summed E-state index contributed by atoms with van der Waals surface area (Å²) in [7, 11) is 0. The number of rotatable bonds is 4. The lowest BCUT2D eigenvalue weighted by molar-refractivity contribution is -0.0855. The fourth-order valence-electron chi connectivity index (χ4n) is 1.79. The van der Waals surface area contributed by atoms with Gasteiger partial charge in [0.1, 0.15) is 0 Å². The van der Waals surface area contributed by atoms with Crippen LogP contribution in [0.25, 0.3) is 0 Å². The highest BCUT2D eigenvalue weighted by atomic mass is 35.5. The van der Waals surface area contributed by atoms with E-state index >= 15 is 0 Å². The molecule has 0 saturated carbocycles. The zero-order valence-corrected chi connectivity index (χ0v) is 11.1. The van der Waals surface area contributed by atoms with Crippen LogP contribution in [0.3, 0.4) is 0 Å². The van der Waals surface area contributed by atoms with Crippen LogP contribution in [-0.4, -0.2) is 38.4 Å². The molecule has 6 nitrogen and oxygen atoms in total. The second kappa shape index (κ2) is 6.72. The van der Waals surface area contributed by atoms with Gasteiger partial charge in [0, 0.05) is 11.6 Å². The minimum atomic E-state index is -0.260. The van der Waals surface area contributed by atoms with E-state index < -0.39 is 0 Å². The fraction of sp³-hybridized carbons (Fsp3) is 0.417. The molecular formula is C12H16ClN3O3. The second-order valence-corrected chi connectivity index (χ2v) is 4.55. The van der Waals surface area contributed by atoms with E-state index in [-0.39, 0.29) is 12.0 Å². The number of carbonyl (C=O) groups is 1. The molecule has 0 radical (unpaired) electrons. The highest BCUT2D eigenvalue weighted by Crippen LogP contribution is 2.19. The Morgan fingerprint density at radius 1 is 1.47 bits per heavy atom. The van der Waals surface area contributed by atoms with Gasteiger partial charge in [0.05, 0.1) is 37.2 Å². The monoisotopic (exact) mass is 285 g/mol. The first-order chi connectivity index (χ1) is 9.20. The molecular weight excluding hydrogens is 270 g/mol. The SMILES string of the molecule is NNc1ccc(Cl)cc1C(=O)NCC1COCCO1. The molecule has 7 heteroatoms. The first-order valence-electron chi connectivity index (χ1n) is 5.94. The number of benzene rings is 1. The van der Waals surface area contributed by atoms with Crippen molar-refractivity contribution in [3.63, 3.8) is 0 Å². The van der Waals surface area contributed by atoms with Crippen LogP contribution in [0.15, 0.2) is 18.2 Å². The Hall–Kier alpha value is -1.34. The first kappa shape index (κ1) is 14.1. The molecule has 0 aliphatic carbocycles. The van der Waals surface area contributed by atoms with E-state index in [0.717, 1.165) is 0 Å². The number of nitrogens with one attached hydrogen (secondary N) is 2. The molecule has 1 amide bonds. The third-order valence-electron chi connectivity index (χ3n) is 2.76. The Morgan fingerprint density at radius 3 is 3.00 bits per heavy atom. The Bertz CT molecular complexity index is 450. The summed E-state index contributed by atoms with van der Waals surface area (Å²) in [6.07, 6.45) is -0.119. The number of anilines is 1. The van der Waals surface area contributed by atoms with Crippen LogP contribution in [0.4, 0.5) is 5.69 Å². The number of hydrogen-bond donors (Lipinski definition) is 3. The van der Waals surface area contributed by atoms with E-state index in [4.69, 9.17) is 26.9 Å². The van der Waals surface area contributed by atoms with Gasteiger partial charge < -0.3 is 20.2 Å². The standard InChI is InChI=1S/C12H16ClN3O3/c13-8-1-2-11(16-14)10(5-8)12(17)15-6-9-7-18-3-4-19-9/h1-2,5,9,16H,3-4,6-7,14H2,(H,15,17). The highest BCUT2D eigenvalue weighted by Gasteiger charge is 2.17. The number of halogens is 1. The molecule has 1 atom stereocenters. The van der Waals surface area contributed by atoms with Crippen molar-refractivity contribution >= 4 is 23.2 Å². The van der Waals surface area contributed by atoms with Crippen molar-refractivity contribution in [1.82, 2.24) is 5.32 Å². The van der Waals surface area contributed by atoms with Crippen LogP contribution in [0.5, 0.6) is 0 Å². The molecule has 1 fully saturated rings. The molecule has 1 unspecified atom stereocenters. The van der Waals surface area contributed by atoms with E-state index in [0.29, 0.717) is 42.6 Å². The minimum absolute atomic E-state index is 0.119. The number of nitrogen functional groups attached to an aromatic ring is 1. The maximum atomic E-state index is 12.1. The number of ether oxygens (including phenoxy) is 2. The summed E-state index contributed by atoms with van der Waals surface area (Å²) in [5.74, 6) is 5.10. The topological polar surface area (TPSA) is 85.6 Å². The molecule has 1 aromatic carbocycles. The number of hydrazine groups is 1. The van der Waals surface area contributed by atoms with Crippen LogP contribution < -0.4 is 16.6 Å². The summed E-state index contributed by atoms with van der Waals surface area (Å²) in [6.45, 7) is 2.01. The van der Waals surface area contributed by atoms with Gasteiger partial charge in [-0.2, -0.15) is 0 Å². The van der Waals surface area contributed by atoms with Gasteiger partial charge in [-0.05, 0) is 18.2 Å². The highest BCUT2D eigenvalue weighted by molar-refractivity contribution is 6.31. The van der Waals surface area contributed by atoms with Gasteiger partial charge in [0.2, 0.25) is 0 Å². The van der Waals surface area contributed by atoms with Gasteiger partial charge in [0.25, 0.3) is 5.91 Å². The molecule has 4 N–H and O–H groups in total. The first-order valence-corrected chi connectivity index (χ1v) is 6.32. The molecule has 1 saturated heterocycles.